The van der Waals surface area contributed by atoms with Gasteiger partial charge in [-0.25, -0.2) is 0 Å². The number of rotatable bonds is 5. The van der Waals surface area contributed by atoms with Gasteiger partial charge in [-0.05, 0) is 70.8 Å². The molecule has 1 aliphatic heterocycles. The van der Waals surface area contributed by atoms with Gasteiger partial charge in [0.2, 0.25) is 0 Å². The molecule has 2 aromatic rings. The molecule has 1 N–H and O–H groups in total. The van der Waals surface area contributed by atoms with Crippen molar-refractivity contribution in [2.24, 2.45) is 5.92 Å². The molecule has 2 heterocycles. The normalized spacial score (nSPS) is 16.5. The lowest BCUT2D eigenvalue weighted by Crippen LogP contribution is -2.34. The smallest absolute Gasteiger partial charge is 0.194 e. The maximum absolute atomic E-state index is 13.2. The third-order valence-electron chi connectivity index (χ3n) is 5.68. The highest BCUT2D eigenvalue weighted by atomic mass is 16.1. The number of hydrogen-bond donors (Lipinski definition) is 1. The summed E-state index contributed by atoms with van der Waals surface area (Å²) in [4.78, 5) is 21.3. The van der Waals surface area contributed by atoms with E-state index in [2.05, 4.69) is 47.7 Å². The van der Waals surface area contributed by atoms with Crippen molar-refractivity contribution in [3.8, 4) is 0 Å². The number of piperidine rings is 1. The maximum Gasteiger partial charge on any atom is 0.194 e. The second-order valence-corrected chi connectivity index (χ2v) is 7.42. The van der Waals surface area contributed by atoms with Crippen LogP contribution in [0.15, 0.2) is 23.0 Å². The van der Waals surface area contributed by atoms with E-state index in [-0.39, 0.29) is 5.43 Å². The van der Waals surface area contributed by atoms with Crippen molar-refractivity contribution >= 4 is 16.6 Å². The summed E-state index contributed by atoms with van der Waals surface area (Å²) in [5.41, 5.74) is 4.20. The third kappa shape index (κ3) is 3.74. The molecule has 4 heteroatoms. The molecule has 1 aromatic carbocycles. The summed E-state index contributed by atoms with van der Waals surface area (Å²) in [6.45, 7) is 13.5. The zero-order valence-corrected chi connectivity index (χ0v) is 16.1. The Morgan fingerprint density at radius 3 is 2.52 bits per heavy atom. The van der Waals surface area contributed by atoms with Gasteiger partial charge in [0.05, 0.1) is 0 Å². The van der Waals surface area contributed by atoms with Crippen LogP contribution in [-0.2, 0) is 6.54 Å². The number of benzene rings is 1. The van der Waals surface area contributed by atoms with Crippen LogP contribution in [0.4, 0.5) is 5.69 Å². The van der Waals surface area contributed by atoms with Crippen molar-refractivity contribution < 1.29 is 0 Å². The Hall–Kier alpha value is -1.81. The van der Waals surface area contributed by atoms with Gasteiger partial charge in [0.15, 0.2) is 5.43 Å². The number of H-pyrrole nitrogens is 1. The average molecular weight is 341 g/mol. The minimum atomic E-state index is 0.193. The Kier molecular flexibility index (Phi) is 5.48. The molecule has 25 heavy (non-hydrogen) atoms. The number of fused-ring (bicyclic) bond motifs is 1. The van der Waals surface area contributed by atoms with Gasteiger partial charge in [0.25, 0.3) is 0 Å². The van der Waals surface area contributed by atoms with E-state index >= 15 is 0 Å². The number of aromatic amines is 1. The van der Waals surface area contributed by atoms with Crippen molar-refractivity contribution in [1.82, 2.24) is 9.88 Å². The van der Waals surface area contributed by atoms with Gasteiger partial charge in [-0.3, -0.25) is 9.69 Å². The molecule has 0 unspecified atom stereocenters. The number of nitrogens with zero attached hydrogens (tertiary/aromatic N) is 2. The minimum Gasteiger partial charge on any atom is -0.372 e. The van der Waals surface area contributed by atoms with Crippen molar-refractivity contribution in [1.29, 1.82) is 0 Å². The Morgan fingerprint density at radius 2 is 1.88 bits per heavy atom. The fraction of sp³-hybridized carbons (Fsp3) is 0.571. The largest absolute Gasteiger partial charge is 0.372 e. The fourth-order valence-corrected chi connectivity index (χ4v) is 3.86. The number of anilines is 1. The van der Waals surface area contributed by atoms with Crippen LogP contribution in [0.1, 0.15) is 44.9 Å². The molecule has 136 valence electrons. The molecule has 4 nitrogen and oxygen atoms in total. The Balaban J connectivity index is 1.97. The average Bonchev–Trinajstić information content (AvgIpc) is 2.61. The third-order valence-corrected chi connectivity index (χ3v) is 5.68. The highest BCUT2D eigenvalue weighted by molar-refractivity contribution is 5.83. The quantitative estimate of drug-likeness (QED) is 0.896. The maximum atomic E-state index is 13.2. The zero-order valence-electron chi connectivity index (χ0n) is 16.1. The standard InChI is InChI=1S/C21H31N3O/c1-5-24(6-2)17-7-8-20-18(13-17)21(25)19(16(4)22-20)14-23-11-9-15(3)10-12-23/h7-8,13,15H,5-6,9-12,14H2,1-4H3,(H,22,25). The molecule has 1 saturated heterocycles. The molecule has 1 aliphatic rings. The predicted octanol–water partition coefficient (Wildman–Crippen LogP) is 3.91. The first-order valence-corrected chi connectivity index (χ1v) is 9.66. The lowest BCUT2D eigenvalue weighted by molar-refractivity contribution is 0.184. The monoisotopic (exact) mass is 341 g/mol. The van der Waals surface area contributed by atoms with Gasteiger partial charge in [-0.15, -0.1) is 0 Å². The van der Waals surface area contributed by atoms with Crippen LogP contribution in [-0.4, -0.2) is 36.1 Å². The SMILES string of the molecule is CCN(CC)c1ccc2[nH]c(C)c(CN3CCC(C)CC3)c(=O)c2c1. The van der Waals surface area contributed by atoms with Crippen LogP contribution < -0.4 is 10.3 Å². The summed E-state index contributed by atoms with van der Waals surface area (Å²) in [5, 5.41) is 0.815. The number of aromatic nitrogens is 1. The van der Waals surface area contributed by atoms with E-state index in [1.165, 1.54) is 12.8 Å². The first-order chi connectivity index (χ1) is 12.0. The van der Waals surface area contributed by atoms with Gasteiger partial charge in [0.1, 0.15) is 0 Å². The highest BCUT2D eigenvalue weighted by Gasteiger charge is 2.19. The van der Waals surface area contributed by atoms with Crippen molar-refractivity contribution in [3.05, 3.63) is 39.7 Å². The number of pyridine rings is 1. The van der Waals surface area contributed by atoms with E-state index in [4.69, 9.17) is 0 Å². The molecule has 1 aromatic heterocycles. The summed E-state index contributed by atoms with van der Waals surface area (Å²) in [6, 6.07) is 6.21. The molecule has 0 amide bonds. The van der Waals surface area contributed by atoms with Gasteiger partial charge < -0.3 is 9.88 Å². The minimum absolute atomic E-state index is 0.193. The van der Waals surface area contributed by atoms with Gasteiger partial charge in [-0.2, -0.15) is 0 Å². The van der Waals surface area contributed by atoms with Crippen LogP contribution in [0.3, 0.4) is 0 Å². The first-order valence-electron chi connectivity index (χ1n) is 9.66. The van der Waals surface area contributed by atoms with E-state index in [1.54, 1.807) is 0 Å². The van der Waals surface area contributed by atoms with E-state index in [0.29, 0.717) is 0 Å². The van der Waals surface area contributed by atoms with Crippen LogP contribution in [0, 0.1) is 12.8 Å². The number of likely N-dealkylation sites (tertiary alicyclic amines) is 1. The molecule has 0 saturated carbocycles. The van der Waals surface area contributed by atoms with Crippen molar-refractivity contribution in [2.75, 3.05) is 31.1 Å². The zero-order chi connectivity index (χ0) is 18.0. The molecule has 0 radical (unpaired) electrons. The van der Waals surface area contributed by atoms with Crippen LogP contribution >= 0.6 is 0 Å². The molecule has 0 aliphatic carbocycles. The molecule has 0 atom stereocenters. The molecular weight excluding hydrogens is 310 g/mol. The van der Waals surface area contributed by atoms with Crippen LogP contribution in [0.5, 0.6) is 0 Å². The van der Waals surface area contributed by atoms with E-state index in [9.17, 15) is 4.79 Å². The summed E-state index contributed by atoms with van der Waals surface area (Å²) in [6.07, 6.45) is 2.47. The summed E-state index contributed by atoms with van der Waals surface area (Å²) in [7, 11) is 0. The van der Waals surface area contributed by atoms with Crippen LogP contribution in [0.25, 0.3) is 10.9 Å². The number of hydrogen-bond acceptors (Lipinski definition) is 3. The molecule has 0 spiro atoms. The fourth-order valence-electron chi connectivity index (χ4n) is 3.86. The highest BCUT2D eigenvalue weighted by Crippen LogP contribution is 2.22. The lowest BCUT2D eigenvalue weighted by Gasteiger charge is -2.30. The van der Waals surface area contributed by atoms with Crippen LogP contribution in [0.2, 0.25) is 0 Å². The Labute approximate surface area is 150 Å². The first kappa shape index (κ1) is 18.0. The van der Waals surface area contributed by atoms with Gasteiger partial charge in [0, 0.05) is 47.5 Å². The van der Waals surface area contributed by atoms with E-state index < -0.39 is 0 Å². The lowest BCUT2D eigenvalue weighted by atomic mass is 9.98. The molecule has 1 fully saturated rings. The van der Waals surface area contributed by atoms with Gasteiger partial charge >= 0.3 is 0 Å². The predicted molar refractivity (Wildman–Crippen MR) is 107 cm³/mol. The molecule has 0 bridgehead atoms. The number of nitrogens with one attached hydrogen (secondary N) is 1. The number of aryl methyl sites for hydroxylation is 1. The Bertz CT molecular complexity index is 784. The molecule has 3 rings (SSSR count). The van der Waals surface area contributed by atoms with E-state index in [0.717, 1.165) is 66.5 Å². The van der Waals surface area contributed by atoms with Crippen molar-refractivity contribution in [3.63, 3.8) is 0 Å². The summed E-state index contributed by atoms with van der Waals surface area (Å²) < 4.78 is 0. The second-order valence-electron chi connectivity index (χ2n) is 7.42. The Morgan fingerprint density at radius 1 is 1.20 bits per heavy atom. The summed E-state index contributed by atoms with van der Waals surface area (Å²) in [5.74, 6) is 0.809. The van der Waals surface area contributed by atoms with Gasteiger partial charge in [-0.1, -0.05) is 6.92 Å². The summed E-state index contributed by atoms with van der Waals surface area (Å²) >= 11 is 0. The van der Waals surface area contributed by atoms with Crippen molar-refractivity contribution in [2.45, 2.75) is 47.1 Å². The molecular formula is C21H31N3O. The second kappa shape index (κ2) is 7.61. The topological polar surface area (TPSA) is 39.3 Å². The van der Waals surface area contributed by atoms with E-state index in [1.807, 2.05) is 13.0 Å².